The summed E-state index contributed by atoms with van der Waals surface area (Å²) in [5.41, 5.74) is 7.54. The van der Waals surface area contributed by atoms with Gasteiger partial charge in [-0.2, -0.15) is 12.6 Å². The molecule has 1 aromatic carbocycles. The number of carboxylic acids is 1. The number of carbonyl (C=O) groups is 4. The lowest BCUT2D eigenvalue weighted by Gasteiger charge is -2.39. The summed E-state index contributed by atoms with van der Waals surface area (Å²) >= 11 is 4.02. The Kier molecular flexibility index (Phi) is 8.46. The van der Waals surface area contributed by atoms with E-state index in [2.05, 4.69) is 23.3 Å². The standard InChI is InChI=1S/C21H30N4O5S/c1-11(2)17(24-18(26)15(22)10-31)20(28)25-9-14-7-5-4-6-13(14)8-16(25)19(27)23-12(3)21(29)30/h4-7,11-12,15-17,31H,8-10,22H2,1-3H3,(H,23,27)(H,24,26)(H,29,30)/t12?,15-,16?,17-/m0/s1. The molecule has 10 heteroatoms. The molecule has 31 heavy (non-hydrogen) atoms. The van der Waals surface area contributed by atoms with Gasteiger partial charge in [0, 0.05) is 18.7 Å². The Labute approximate surface area is 187 Å². The lowest BCUT2D eigenvalue weighted by atomic mass is 9.91. The highest BCUT2D eigenvalue weighted by molar-refractivity contribution is 7.80. The van der Waals surface area contributed by atoms with E-state index in [0.29, 0.717) is 0 Å². The molecule has 3 amide bonds. The first-order valence-corrected chi connectivity index (χ1v) is 10.8. The Morgan fingerprint density at radius 2 is 1.77 bits per heavy atom. The number of thiol groups is 1. The molecular formula is C21H30N4O5S. The molecule has 2 unspecified atom stereocenters. The maximum Gasteiger partial charge on any atom is 0.325 e. The molecular weight excluding hydrogens is 420 g/mol. The number of carbonyl (C=O) groups excluding carboxylic acids is 3. The topological polar surface area (TPSA) is 142 Å². The van der Waals surface area contributed by atoms with Crippen molar-refractivity contribution >= 4 is 36.3 Å². The Morgan fingerprint density at radius 1 is 1.16 bits per heavy atom. The number of aliphatic carboxylic acids is 1. The number of hydrogen-bond acceptors (Lipinski definition) is 6. The molecule has 0 aliphatic carbocycles. The zero-order chi connectivity index (χ0) is 23.3. The molecule has 0 radical (unpaired) electrons. The van der Waals surface area contributed by atoms with E-state index >= 15 is 0 Å². The predicted octanol–water partition coefficient (Wildman–Crippen LogP) is -0.0729. The highest BCUT2D eigenvalue weighted by Crippen LogP contribution is 2.25. The van der Waals surface area contributed by atoms with E-state index < -0.39 is 47.9 Å². The maximum atomic E-state index is 13.5. The maximum absolute atomic E-state index is 13.5. The van der Waals surface area contributed by atoms with Crippen molar-refractivity contribution in [3.8, 4) is 0 Å². The van der Waals surface area contributed by atoms with Crippen molar-refractivity contribution < 1.29 is 24.3 Å². The van der Waals surface area contributed by atoms with Crippen molar-refractivity contribution in [2.75, 3.05) is 5.75 Å². The SMILES string of the molecule is CC(NC(=O)C1Cc2ccccc2CN1C(=O)[C@@H](NC(=O)[C@@H](N)CS)C(C)C)C(=O)O. The number of amides is 3. The van der Waals surface area contributed by atoms with Crippen molar-refractivity contribution in [3.05, 3.63) is 35.4 Å². The zero-order valence-corrected chi connectivity index (χ0v) is 18.8. The number of hydrogen-bond donors (Lipinski definition) is 5. The van der Waals surface area contributed by atoms with Gasteiger partial charge in [0.15, 0.2) is 0 Å². The molecule has 0 saturated heterocycles. The minimum Gasteiger partial charge on any atom is -0.480 e. The number of rotatable bonds is 8. The van der Waals surface area contributed by atoms with E-state index in [0.717, 1.165) is 11.1 Å². The first-order chi connectivity index (χ1) is 14.6. The van der Waals surface area contributed by atoms with Crippen LogP contribution in [0.3, 0.4) is 0 Å². The predicted molar refractivity (Wildman–Crippen MR) is 118 cm³/mol. The molecule has 1 heterocycles. The van der Waals surface area contributed by atoms with Crippen LogP contribution in [-0.4, -0.2) is 63.6 Å². The molecule has 0 spiro atoms. The van der Waals surface area contributed by atoms with Crippen LogP contribution in [0.1, 0.15) is 31.9 Å². The van der Waals surface area contributed by atoms with Gasteiger partial charge in [-0.25, -0.2) is 0 Å². The Balaban J connectivity index is 2.34. The van der Waals surface area contributed by atoms with Gasteiger partial charge in [-0.1, -0.05) is 38.1 Å². The van der Waals surface area contributed by atoms with Crippen molar-refractivity contribution in [3.63, 3.8) is 0 Å². The highest BCUT2D eigenvalue weighted by Gasteiger charge is 2.39. The average molecular weight is 451 g/mol. The molecule has 0 aromatic heterocycles. The van der Waals surface area contributed by atoms with E-state index in [1.807, 2.05) is 24.3 Å². The van der Waals surface area contributed by atoms with Crippen LogP contribution in [0.15, 0.2) is 24.3 Å². The Bertz CT molecular complexity index is 847. The minimum atomic E-state index is -1.17. The van der Waals surface area contributed by atoms with Crippen LogP contribution < -0.4 is 16.4 Å². The van der Waals surface area contributed by atoms with Crippen LogP contribution in [0, 0.1) is 5.92 Å². The van der Waals surface area contributed by atoms with Crippen LogP contribution in [-0.2, 0) is 32.1 Å². The van der Waals surface area contributed by atoms with E-state index in [4.69, 9.17) is 10.8 Å². The summed E-state index contributed by atoms with van der Waals surface area (Å²) in [6.45, 7) is 5.11. The third-order valence-electron chi connectivity index (χ3n) is 5.33. The second-order valence-corrected chi connectivity index (χ2v) is 8.41. The van der Waals surface area contributed by atoms with E-state index in [1.54, 1.807) is 13.8 Å². The van der Waals surface area contributed by atoms with E-state index in [9.17, 15) is 19.2 Å². The van der Waals surface area contributed by atoms with Gasteiger partial charge < -0.3 is 26.4 Å². The lowest BCUT2D eigenvalue weighted by molar-refractivity contribution is -0.147. The summed E-state index contributed by atoms with van der Waals surface area (Å²) in [5.74, 6) is -2.79. The summed E-state index contributed by atoms with van der Waals surface area (Å²) in [6.07, 6.45) is 0.245. The van der Waals surface area contributed by atoms with Gasteiger partial charge in [0.25, 0.3) is 0 Å². The van der Waals surface area contributed by atoms with E-state index in [1.165, 1.54) is 11.8 Å². The van der Waals surface area contributed by atoms with Crippen LogP contribution in [0.5, 0.6) is 0 Å². The molecule has 4 atom stereocenters. The van der Waals surface area contributed by atoms with Crippen LogP contribution in [0.2, 0.25) is 0 Å². The van der Waals surface area contributed by atoms with Gasteiger partial charge >= 0.3 is 5.97 Å². The number of nitrogens with zero attached hydrogens (tertiary/aromatic N) is 1. The smallest absolute Gasteiger partial charge is 0.325 e. The molecule has 5 N–H and O–H groups in total. The molecule has 0 bridgehead atoms. The molecule has 170 valence electrons. The molecule has 0 fully saturated rings. The average Bonchev–Trinajstić information content (AvgIpc) is 2.74. The van der Waals surface area contributed by atoms with Gasteiger partial charge in [-0.05, 0) is 24.0 Å². The van der Waals surface area contributed by atoms with Crippen molar-refractivity contribution in [2.24, 2.45) is 11.7 Å². The van der Waals surface area contributed by atoms with Gasteiger partial charge in [-0.3, -0.25) is 19.2 Å². The van der Waals surface area contributed by atoms with Crippen molar-refractivity contribution in [1.29, 1.82) is 0 Å². The van der Waals surface area contributed by atoms with Crippen LogP contribution in [0.4, 0.5) is 0 Å². The highest BCUT2D eigenvalue weighted by atomic mass is 32.1. The Hall–Kier alpha value is -2.59. The number of benzene rings is 1. The monoisotopic (exact) mass is 450 g/mol. The first kappa shape index (κ1) is 24.7. The fourth-order valence-corrected chi connectivity index (χ4v) is 3.56. The van der Waals surface area contributed by atoms with Gasteiger partial charge in [0.2, 0.25) is 17.7 Å². The fraction of sp³-hybridized carbons (Fsp3) is 0.524. The molecule has 1 aromatic rings. The third-order valence-corrected chi connectivity index (χ3v) is 5.72. The van der Waals surface area contributed by atoms with Gasteiger partial charge in [-0.15, -0.1) is 0 Å². The summed E-state index contributed by atoms with van der Waals surface area (Å²) in [5, 5.41) is 14.3. The quantitative estimate of drug-likeness (QED) is 0.351. The number of nitrogens with two attached hydrogens (primary N) is 1. The fourth-order valence-electron chi connectivity index (χ4n) is 3.40. The normalized spacial score (nSPS) is 18.5. The second-order valence-electron chi connectivity index (χ2n) is 8.04. The van der Waals surface area contributed by atoms with Crippen LogP contribution >= 0.6 is 12.6 Å². The number of nitrogens with one attached hydrogen (secondary N) is 2. The second kappa shape index (κ2) is 10.6. The summed E-state index contributed by atoms with van der Waals surface area (Å²) in [4.78, 5) is 51.3. The Morgan fingerprint density at radius 3 is 2.32 bits per heavy atom. The minimum absolute atomic E-state index is 0.125. The molecule has 1 aliphatic heterocycles. The molecule has 0 saturated carbocycles. The van der Waals surface area contributed by atoms with Crippen LogP contribution in [0.25, 0.3) is 0 Å². The van der Waals surface area contributed by atoms with Crippen molar-refractivity contribution in [1.82, 2.24) is 15.5 Å². The molecule has 9 nitrogen and oxygen atoms in total. The number of fused-ring (bicyclic) bond motifs is 1. The largest absolute Gasteiger partial charge is 0.480 e. The first-order valence-electron chi connectivity index (χ1n) is 10.1. The summed E-state index contributed by atoms with van der Waals surface area (Å²) in [6, 6.07) is 3.69. The molecule has 2 rings (SSSR count). The lowest BCUT2D eigenvalue weighted by Crippen LogP contribution is -2.61. The van der Waals surface area contributed by atoms with Gasteiger partial charge in [0.1, 0.15) is 18.1 Å². The number of carboxylic acid groups (broad SMARTS) is 1. The van der Waals surface area contributed by atoms with E-state index in [-0.39, 0.29) is 24.6 Å². The third kappa shape index (κ3) is 5.98. The zero-order valence-electron chi connectivity index (χ0n) is 17.9. The van der Waals surface area contributed by atoms with Crippen molar-refractivity contribution in [2.45, 2.75) is 57.9 Å². The summed E-state index contributed by atoms with van der Waals surface area (Å²) in [7, 11) is 0. The van der Waals surface area contributed by atoms with Gasteiger partial charge in [0.05, 0.1) is 6.04 Å². The molecule has 1 aliphatic rings. The summed E-state index contributed by atoms with van der Waals surface area (Å²) < 4.78 is 0.